The van der Waals surface area contributed by atoms with Crippen molar-refractivity contribution < 1.29 is 19.1 Å². The summed E-state index contributed by atoms with van der Waals surface area (Å²) in [6.45, 7) is 5.57. The molecular formula is C20H25N3O4S. The molecular weight excluding hydrogens is 378 g/mol. The van der Waals surface area contributed by atoms with Crippen molar-refractivity contribution in [1.29, 1.82) is 0 Å². The zero-order valence-corrected chi connectivity index (χ0v) is 17.6. The van der Waals surface area contributed by atoms with Crippen LogP contribution in [0.3, 0.4) is 0 Å². The van der Waals surface area contributed by atoms with Crippen LogP contribution in [-0.2, 0) is 22.3 Å². The summed E-state index contributed by atoms with van der Waals surface area (Å²) in [5.41, 5.74) is 9.32. The molecule has 0 fully saturated rings. The fraction of sp³-hybridized carbons (Fsp3) is 0.450. The molecule has 3 rings (SSSR count). The minimum atomic E-state index is -0.541. The highest BCUT2D eigenvalue weighted by molar-refractivity contribution is 7.10. The molecule has 2 N–H and O–H groups in total. The van der Waals surface area contributed by atoms with Crippen LogP contribution in [0.25, 0.3) is 10.4 Å². The molecule has 150 valence electrons. The highest BCUT2D eigenvalue weighted by Gasteiger charge is 2.31. The standard InChI is InChI=1S/C20H25N3O4S/c1-20(2,3)27-19(25)23(4)14-9-11-6-7-12(8-13(11)10-14)17-15(21)16(22-28-17)18(24)26-5/h6-8,14H,9-10,21H2,1-5H3. The number of benzene rings is 1. The summed E-state index contributed by atoms with van der Waals surface area (Å²) >= 11 is 1.18. The Morgan fingerprint density at radius 2 is 1.93 bits per heavy atom. The van der Waals surface area contributed by atoms with Gasteiger partial charge in [0.15, 0.2) is 5.69 Å². The van der Waals surface area contributed by atoms with Crippen molar-refractivity contribution in [2.45, 2.75) is 45.3 Å². The van der Waals surface area contributed by atoms with Crippen molar-refractivity contribution in [2.75, 3.05) is 19.9 Å². The lowest BCUT2D eigenvalue weighted by atomic mass is 10.0. The van der Waals surface area contributed by atoms with Gasteiger partial charge < -0.3 is 20.1 Å². The van der Waals surface area contributed by atoms with Gasteiger partial charge in [-0.25, -0.2) is 9.59 Å². The van der Waals surface area contributed by atoms with E-state index in [1.165, 1.54) is 24.2 Å². The Labute approximate surface area is 168 Å². The maximum atomic E-state index is 12.4. The van der Waals surface area contributed by atoms with Gasteiger partial charge in [-0.1, -0.05) is 12.1 Å². The van der Waals surface area contributed by atoms with Crippen molar-refractivity contribution >= 4 is 29.3 Å². The van der Waals surface area contributed by atoms with E-state index in [-0.39, 0.29) is 17.8 Å². The number of hydrogen-bond donors (Lipinski definition) is 1. The molecule has 1 aliphatic carbocycles. The fourth-order valence-corrected chi connectivity index (χ4v) is 4.03. The number of esters is 1. The highest BCUT2D eigenvalue weighted by Crippen LogP contribution is 2.36. The number of nitrogens with zero attached hydrogens (tertiary/aromatic N) is 2. The third-order valence-corrected chi connectivity index (χ3v) is 5.63. The minimum absolute atomic E-state index is 0.0459. The highest BCUT2D eigenvalue weighted by atomic mass is 32.1. The summed E-state index contributed by atoms with van der Waals surface area (Å²) in [7, 11) is 3.08. The van der Waals surface area contributed by atoms with Gasteiger partial charge in [-0.3, -0.25) is 0 Å². The van der Waals surface area contributed by atoms with Gasteiger partial charge in [0.1, 0.15) is 5.60 Å². The van der Waals surface area contributed by atoms with Crippen LogP contribution in [0.4, 0.5) is 10.5 Å². The van der Waals surface area contributed by atoms with Gasteiger partial charge in [0.05, 0.1) is 17.7 Å². The molecule has 0 saturated carbocycles. The molecule has 0 radical (unpaired) electrons. The number of amides is 1. The van der Waals surface area contributed by atoms with Gasteiger partial charge in [-0.05, 0) is 67.9 Å². The van der Waals surface area contributed by atoms with Crippen LogP contribution >= 0.6 is 11.5 Å². The van der Waals surface area contributed by atoms with Crippen molar-refractivity contribution in [3.8, 4) is 10.4 Å². The SMILES string of the molecule is COC(=O)c1nsc(-c2ccc3c(c2)CC(N(C)C(=O)OC(C)(C)C)C3)c1N. The van der Waals surface area contributed by atoms with E-state index in [1.807, 2.05) is 32.9 Å². The van der Waals surface area contributed by atoms with Crippen LogP contribution < -0.4 is 5.73 Å². The molecule has 1 aromatic carbocycles. The third kappa shape index (κ3) is 3.96. The van der Waals surface area contributed by atoms with E-state index in [0.29, 0.717) is 5.69 Å². The Hall–Kier alpha value is -2.61. The molecule has 1 unspecified atom stereocenters. The van der Waals surface area contributed by atoms with Crippen molar-refractivity contribution in [3.05, 3.63) is 35.0 Å². The third-order valence-electron chi connectivity index (χ3n) is 4.72. The Bertz CT molecular complexity index is 917. The number of hydrogen-bond acceptors (Lipinski definition) is 7. The molecule has 1 aliphatic rings. The molecule has 8 heteroatoms. The quantitative estimate of drug-likeness (QED) is 0.788. The van der Waals surface area contributed by atoms with E-state index in [2.05, 4.69) is 10.4 Å². The number of rotatable bonds is 3. The van der Waals surface area contributed by atoms with E-state index in [0.717, 1.165) is 28.8 Å². The molecule has 0 bridgehead atoms. The number of fused-ring (bicyclic) bond motifs is 1. The summed E-state index contributed by atoms with van der Waals surface area (Å²) in [5, 5.41) is 0. The van der Waals surface area contributed by atoms with Crippen LogP contribution in [0.2, 0.25) is 0 Å². The first-order valence-corrected chi connectivity index (χ1v) is 9.79. The van der Waals surface area contributed by atoms with Gasteiger partial charge >= 0.3 is 12.1 Å². The second kappa shape index (κ2) is 7.43. The Kier molecular flexibility index (Phi) is 5.34. The van der Waals surface area contributed by atoms with E-state index < -0.39 is 11.6 Å². The average molecular weight is 404 g/mol. The number of nitrogen functional groups attached to an aromatic ring is 1. The lowest BCUT2D eigenvalue weighted by molar-refractivity contribution is 0.0229. The summed E-state index contributed by atoms with van der Waals surface area (Å²) in [5.74, 6) is -0.541. The van der Waals surface area contributed by atoms with Gasteiger partial charge in [0, 0.05) is 13.1 Å². The van der Waals surface area contributed by atoms with E-state index >= 15 is 0 Å². The molecule has 0 saturated heterocycles. The van der Waals surface area contributed by atoms with Gasteiger partial charge in [0.25, 0.3) is 0 Å². The van der Waals surface area contributed by atoms with E-state index in [4.69, 9.17) is 15.2 Å². The van der Waals surface area contributed by atoms with Gasteiger partial charge in [-0.15, -0.1) is 0 Å². The van der Waals surface area contributed by atoms with Gasteiger partial charge in [0.2, 0.25) is 0 Å². The van der Waals surface area contributed by atoms with Crippen molar-refractivity contribution in [3.63, 3.8) is 0 Å². The zero-order valence-electron chi connectivity index (χ0n) is 16.7. The number of nitrogens with two attached hydrogens (primary N) is 1. The van der Waals surface area contributed by atoms with Crippen LogP contribution in [0.15, 0.2) is 18.2 Å². The summed E-state index contributed by atoms with van der Waals surface area (Å²) < 4.78 is 14.3. The predicted molar refractivity (Wildman–Crippen MR) is 108 cm³/mol. The number of methoxy groups -OCH3 is 1. The summed E-state index contributed by atoms with van der Waals surface area (Å²) in [4.78, 5) is 26.5. The normalized spacial score (nSPS) is 15.8. The first-order valence-electron chi connectivity index (χ1n) is 9.02. The largest absolute Gasteiger partial charge is 0.464 e. The maximum Gasteiger partial charge on any atom is 0.410 e. The molecule has 1 atom stereocenters. The molecule has 7 nitrogen and oxygen atoms in total. The zero-order chi connectivity index (χ0) is 20.6. The molecule has 1 amide bonds. The summed E-state index contributed by atoms with van der Waals surface area (Å²) in [6, 6.07) is 6.12. The molecule has 28 heavy (non-hydrogen) atoms. The number of anilines is 1. The van der Waals surface area contributed by atoms with Crippen LogP contribution in [0.5, 0.6) is 0 Å². The van der Waals surface area contributed by atoms with Crippen molar-refractivity contribution in [1.82, 2.24) is 9.27 Å². The smallest absolute Gasteiger partial charge is 0.410 e. The first kappa shape index (κ1) is 20.1. The number of aromatic nitrogens is 1. The molecule has 1 aromatic heterocycles. The fourth-order valence-electron chi connectivity index (χ4n) is 3.24. The molecule has 2 aromatic rings. The Balaban J connectivity index is 1.79. The van der Waals surface area contributed by atoms with Crippen LogP contribution in [-0.4, -0.2) is 47.1 Å². The number of carbonyl (C=O) groups excluding carboxylic acids is 2. The van der Waals surface area contributed by atoms with E-state index in [1.54, 1.807) is 11.9 Å². The average Bonchev–Trinajstić information content (AvgIpc) is 3.21. The lowest BCUT2D eigenvalue weighted by Gasteiger charge is -2.28. The number of ether oxygens (including phenoxy) is 2. The summed E-state index contributed by atoms with van der Waals surface area (Å²) in [6.07, 6.45) is 1.19. The van der Waals surface area contributed by atoms with Crippen LogP contribution in [0.1, 0.15) is 42.4 Å². The first-order chi connectivity index (χ1) is 13.1. The number of carbonyl (C=O) groups is 2. The van der Waals surface area contributed by atoms with E-state index in [9.17, 15) is 9.59 Å². The second-order valence-electron chi connectivity index (χ2n) is 7.90. The molecule has 0 aliphatic heterocycles. The Morgan fingerprint density at radius 1 is 1.25 bits per heavy atom. The van der Waals surface area contributed by atoms with Crippen LogP contribution in [0, 0.1) is 0 Å². The maximum absolute atomic E-state index is 12.4. The van der Waals surface area contributed by atoms with Gasteiger partial charge in [-0.2, -0.15) is 4.37 Å². The lowest BCUT2D eigenvalue weighted by Crippen LogP contribution is -2.41. The Morgan fingerprint density at radius 3 is 2.57 bits per heavy atom. The number of likely N-dealkylation sites (N-methyl/N-ethyl adjacent to an activating group) is 1. The minimum Gasteiger partial charge on any atom is -0.464 e. The topological polar surface area (TPSA) is 94.8 Å². The predicted octanol–water partition coefficient (Wildman–Crippen LogP) is 3.51. The molecule has 0 spiro atoms. The van der Waals surface area contributed by atoms with Crippen molar-refractivity contribution in [2.24, 2.45) is 0 Å². The monoisotopic (exact) mass is 403 g/mol. The molecule has 1 heterocycles. The second-order valence-corrected chi connectivity index (χ2v) is 8.68.